The molecule has 7 nitrogen and oxygen atoms in total. The van der Waals surface area contributed by atoms with E-state index in [1.807, 2.05) is 32.9 Å². The lowest BCUT2D eigenvalue weighted by molar-refractivity contribution is -0.140. The molecular weight excluding hydrogens is 495 g/mol. The Labute approximate surface area is 214 Å². The van der Waals surface area contributed by atoms with E-state index >= 15 is 0 Å². The van der Waals surface area contributed by atoms with E-state index in [2.05, 4.69) is 16.0 Å². The molecule has 0 saturated heterocycles. The van der Waals surface area contributed by atoms with Crippen molar-refractivity contribution in [3.05, 3.63) is 69.3 Å². The molecular formula is C24H26Cl2N4O3S. The average molecular weight is 521 g/mol. The number of carbonyl (C=O) groups is 2. The topological polar surface area (TPSA) is 82.7 Å². The molecule has 3 rings (SSSR count). The second kappa shape index (κ2) is 11.1. The number of carbonyl (C=O) groups excluding carboxylic acids is 2. The van der Waals surface area contributed by atoms with Crippen LogP contribution in [-0.2, 0) is 9.53 Å². The quantitative estimate of drug-likeness (QED) is 0.321. The van der Waals surface area contributed by atoms with E-state index in [9.17, 15) is 9.59 Å². The first kappa shape index (κ1) is 25.8. The van der Waals surface area contributed by atoms with Crippen molar-refractivity contribution in [3.63, 3.8) is 0 Å². The third-order valence-corrected chi connectivity index (χ3v) is 6.25. The van der Waals surface area contributed by atoms with Crippen LogP contribution in [-0.4, -0.2) is 35.7 Å². The lowest BCUT2D eigenvalue weighted by atomic mass is 9.95. The van der Waals surface area contributed by atoms with Gasteiger partial charge in [0.25, 0.3) is 0 Å². The Morgan fingerprint density at radius 1 is 1.12 bits per heavy atom. The number of hydrogen-bond donors (Lipinski definition) is 3. The number of rotatable bonds is 6. The number of para-hydroxylation sites is 1. The Hall–Kier alpha value is -2.81. The summed E-state index contributed by atoms with van der Waals surface area (Å²) >= 11 is 17.6. The monoisotopic (exact) mass is 520 g/mol. The van der Waals surface area contributed by atoms with Crippen LogP contribution in [0.3, 0.4) is 0 Å². The van der Waals surface area contributed by atoms with Gasteiger partial charge in [-0.05, 0) is 54.9 Å². The molecule has 1 atom stereocenters. The highest BCUT2D eigenvalue weighted by molar-refractivity contribution is 7.80. The van der Waals surface area contributed by atoms with Crippen LogP contribution in [0.2, 0.25) is 10.0 Å². The van der Waals surface area contributed by atoms with Crippen molar-refractivity contribution >= 4 is 63.9 Å². The zero-order chi connectivity index (χ0) is 25.0. The summed E-state index contributed by atoms with van der Waals surface area (Å²) in [7, 11) is 1.80. The van der Waals surface area contributed by atoms with E-state index in [-0.39, 0.29) is 5.92 Å². The lowest BCUT2D eigenvalue weighted by Gasteiger charge is -2.35. The number of benzene rings is 2. The summed E-state index contributed by atoms with van der Waals surface area (Å²) < 4.78 is 5.51. The predicted molar refractivity (Wildman–Crippen MR) is 140 cm³/mol. The number of hydrogen-bond acceptors (Lipinski definition) is 4. The molecule has 2 amide bonds. The first-order chi connectivity index (χ1) is 16.1. The van der Waals surface area contributed by atoms with E-state index in [0.717, 1.165) is 11.3 Å². The fourth-order valence-corrected chi connectivity index (χ4v) is 4.07. The number of nitrogens with one attached hydrogen (secondary N) is 3. The Balaban J connectivity index is 1.78. The number of anilines is 2. The van der Waals surface area contributed by atoms with Gasteiger partial charge in [-0.1, -0.05) is 55.2 Å². The van der Waals surface area contributed by atoms with Gasteiger partial charge in [-0.15, -0.1) is 0 Å². The highest BCUT2D eigenvalue weighted by Crippen LogP contribution is 2.32. The van der Waals surface area contributed by atoms with E-state index < -0.39 is 18.0 Å². The molecule has 0 bridgehead atoms. The van der Waals surface area contributed by atoms with E-state index in [1.165, 1.54) is 0 Å². The van der Waals surface area contributed by atoms with Gasteiger partial charge >= 0.3 is 12.0 Å². The summed E-state index contributed by atoms with van der Waals surface area (Å²) in [5.74, 6) is -0.174. The van der Waals surface area contributed by atoms with Crippen molar-refractivity contribution in [2.45, 2.75) is 26.8 Å². The van der Waals surface area contributed by atoms with Crippen LogP contribution in [0, 0.1) is 5.92 Å². The van der Waals surface area contributed by atoms with Crippen LogP contribution >= 0.6 is 35.4 Å². The molecule has 3 N–H and O–H groups in total. The summed E-state index contributed by atoms with van der Waals surface area (Å²) in [6, 6.07) is 11.1. The fraction of sp³-hybridized carbons (Fsp3) is 0.292. The Morgan fingerprint density at radius 2 is 1.74 bits per heavy atom. The molecule has 0 aromatic heterocycles. The molecule has 0 fully saturated rings. The minimum absolute atomic E-state index is 0.218. The second-order valence-electron chi connectivity index (χ2n) is 8.23. The summed E-state index contributed by atoms with van der Waals surface area (Å²) in [5.41, 5.74) is 2.88. The Bertz CT molecular complexity index is 1120. The zero-order valence-electron chi connectivity index (χ0n) is 19.2. The van der Waals surface area contributed by atoms with Crippen molar-refractivity contribution in [1.82, 2.24) is 10.2 Å². The van der Waals surface area contributed by atoms with Crippen LogP contribution in [0.1, 0.15) is 32.4 Å². The van der Waals surface area contributed by atoms with Gasteiger partial charge in [0.1, 0.15) is 0 Å². The molecule has 0 spiro atoms. The second-order valence-corrected chi connectivity index (χ2v) is 9.43. The van der Waals surface area contributed by atoms with Crippen LogP contribution in [0.25, 0.3) is 0 Å². The minimum Gasteiger partial charge on any atom is -0.462 e. The molecule has 0 saturated carbocycles. The van der Waals surface area contributed by atoms with Crippen molar-refractivity contribution in [3.8, 4) is 0 Å². The standard InChI is InChI=1S/C24H26Cl2N4O3S/c1-13(2)12-33-22(31)19-14(3)30(4)24(34)29-20(19)15-8-10-16(11-9-15)27-23(32)28-21-17(25)6-5-7-18(21)26/h5-11,13,20H,12H2,1-4H3,(H,29,34)(H2,27,28,32). The molecule has 1 heterocycles. The van der Waals surface area contributed by atoms with Gasteiger partial charge in [0.2, 0.25) is 0 Å². The highest BCUT2D eigenvalue weighted by Gasteiger charge is 2.33. The highest BCUT2D eigenvalue weighted by atomic mass is 35.5. The third kappa shape index (κ3) is 6.00. The maximum Gasteiger partial charge on any atom is 0.338 e. The number of thiocarbonyl (C=S) groups is 1. The minimum atomic E-state index is -0.491. The van der Waals surface area contributed by atoms with Gasteiger partial charge in [0.15, 0.2) is 5.11 Å². The van der Waals surface area contributed by atoms with Crippen LogP contribution in [0.4, 0.5) is 16.2 Å². The Kier molecular flexibility index (Phi) is 8.41. The summed E-state index contributed by atoms with van der Waals surface area (Å²) in [6.07, 6.45) is 0. The normalized spacial score (nSPS) is 15.8. The summed E-state index contributed by atoms with van der Waals surface area (Å²) in [6.45, 7) is 6.12. The molecule has 2 aromatic rings. The maximum atomic E-state index is 12.9. The molecule has 1 aliphatic rings. The summed E-state index contributed by atoms with van der Waals surface area (Å²) in [4.78, 5) is 27.1. The summed E-state index contributed by atoms with van der Waals surface area (Å²) in [5, 5.41) is 9.77. The zero-order valence-corrected chi connectivity index (χ0v) is 21.6. The number of nitrogens with zero attached hydrogens (tertiary/aromatic N) is 1. The van der Waals surface area contributed by atoms with Gasteiger partial charge < -0.3 is 25.6 Å². The largest absolute Gasteiger partial charge is 0.462 e. The van der Waals surface area contributed by atoms with Gasteiger partial charge in [0, 0.05) is 18.4 Å². The number of esters is 1. The number of urea groups is 1. The molecule has 0 aliphatic carbocycles. The molecule has 10 heteroatoms. The lowest BCUT2D eigenvalue weighted by Crippen LogP contribution is -2.46. The molecule has 0 radical (unpaired) electrons. The molecule has 1 aliphatic heterocycles. The SMILES string of the molecule is CC1=C(C(=O)OCC(C)C)C(c2ccc(NC(=O)Nc3c(Cl)cccc3Cl)cc2)NC(=S)N1C. The molecule has 1 unspecified atom stereocenters. The smallest absolute Gasteiger partial charge is 0.338 e. The molecule has 34 heavy (non-hydrogen) atoms. The predicted octanol–water partition coefficient (Wildman–Crippen LogP) is 5.97. The third-order valence-electron chi connectivity index (χ3n) is 5.22. The van der Waals surface area contributed by atoms with Crippen molar-refractivity contribution in [1.29, 1.82) is 0 Å². The first-order valence-electron chi connectivity index (χ1n) is 10.6. The van der Waals surface area contributed by atoms with Crippen molar-refractivity contribution in [2.24, 2.45) is 5.92 Å². The maximum absolute atomic E-state index is 12.9. The van der Waals surface area contributed by atoms with Gasteiger partial charge in [0.05, 0.1) is 34.0 Å². The first-order valence-corrected chi connectivity index (χ1v) is 11.8. The van der Waals surface area contributed by atoms with E-state index in [4.69, 9.17) is 40.2 Å². The van der Waals surface area contributed by atoms with Crippen LogP contribution in [0.5, 0.6) is 0 Å². The van der Waals surface area contributed by atoms with Gasteiger partial charge in [-0.25, -0.2) is 9.59 Å². The van der Waals surface area contributed by atoms with Gasteiger partial charge in [-0.2, -0.15) is 0 Å². The van der Waals surface area contributed by atoms with E-state index in [0.29, 0.717) is 38.7 Å². The van der Waals surface area contributed by atoms with Gasteiger partial charge in [-0.3, -0.25) is 0 Å². The van der Waals surface area contributed by atoms with E-state index in [1.54, 1.807) is 42.3 Å². The van der Waals surface area contributed by atoms with Crippen molar-refractivity contribution in [2.75, 3.05) is 24.3 Å². The number of amides is 2. The number of halogens is 2. The average Bonchev–Trinajstić information content (AvgIpc) is 2.78. The fourth-order valence-electron chi connectivity index (χ4n) is 3.32. The molecule has 180 valence electrons. The number of allylic oxidation sites excluding steroid dienone is 1. The number of ether oxygens (including phenoxy) is 1. The van der Waals surface area contributed by atoms with Crippen molar-refractivity contribution < 1.29 is 14.3 Å². The van der Waals surface area contributed by atoms with Crippen LogP contribution in [0.15, 0.2) is 53.7 Å². The van der Waals surface area contributed by atoms with Crippen LogP contribution < -0.4 is 16.0 Å². The molecule has 2 aromatic carbocycles. The Morgan fingerprint density at radius 3 is 2.32 bits per heavy atom.